The summed E-state index contributed by atoms with van der Waals surface area (Å²) in [5, 5.41) is 8.24. The molecule has 0 aliphatic carbocycles. The predicted molar refractivity (Wildman–Crippen MR) is 89.4 cm³/mol. The number of piperidine rings is 1. The minimum absolute atomic E-state index is 0.103. The van der Waals surface area contributed by atoms with Gasteiger partial charge in [-0.1, -0.05) is 13.0 Å². The smallest absolute Gasteiger partial charge is 0.319 e. The summed E-state index contributed by atoms with van der Waals surface area (Å²) in [7, 11) is 0. The first-order chi connectivity index (χ1) is 11.5. The van der Waals surface area contributed by atoms with Crippen LogP contribution in [0.5, 0.6) is 0 Å². The third kappa shape index (κ3) is 3.56. The molecule has 2 heterocycles. The maximum Gasteiger partial charge on any atom is 0.319 e. The molecule has 1 saturated heterocycles. The Hall–Kier alpha value is -2.83. The summed E-state index contributed by atoms with van der Waals surface area (Å²) < 4.78 is 5.37. The SMILES string of the molecule is Cc1coc(-c2cccc(NC(=O)N[C@@H]3C(=O)NCC[C@H]3C)c2)n1. The Labute approximate surface area is 139 Å². The number of aromatic nitrogens is 1. The first-order valence-electron chi connectivity index (χ1n) is 7.91. The van der Waals surface area contributed by atoms with Gasteiger partial charge in [-0.05, 0) is 37.5 Å². The van der Waals surface area contributed by atoms with E-state index in [1.807, 2.05) is 19.9 Å². The molecule has 1 aromatic carbocycles. The lowest BCUT2D eigenvalue weighted by molar-refractivity contribution is -0.125. The molecule has 2 aromatic rings. The lowest BCUT2D eigenvalue weighted by Crippen LogP contribution is -2.55. The largest absolute Gasteiger partial charge is 0.444 e. The highest BCUT2D eigenvalue weighted by Crippen LogP contribution is 2.22. The lowest BCUT2D eigenvalue weighted by atomic mass is 9.94. The quantitative estimate of drug-likeness (QED) is 0.805. The Morgan fingerprint density at radius 3 is 2.96 bits per heavy atom. The van der Waals surface area contributed by atoms with Gasteiger partial charge in [-0.2, -0.15) is 0 Å². The number of hydrogen-bond acceptors (Lipinski definition) is 4. The molecule has 0 bridgehead atoms. The van der Waals surface area contributed by atoms with Crippen molar-refractivity contribution in [2.75, 3.05) is 11.9 Å². The van der Waals surface area contributed by atoms with Gasteiger partial charge in [0, 0.05) is 17.8 Å². The molecule has 0 spiro atoms. The summed E-state index contributed by atoms with van der Waals surface area (Å²) in [6.45, 7) is 4.45. The van der Waals surface area contributed by atoms with Gasteiger partial charge >= 0.3 is 6.03 Å². The second kappa shape index (κ2) is 6.74. The van der Waals surface area contributed by atoms with Gasteiger partial charge in [0.05, 0.1) is 5.69 Å². The van der Waals surface area contributed by atoms with Crippen LogP contribution in [0.15, 0.2) is 34.9 Å². The molecule has 7 heteroatoms. The highest BCUT2D eigenvalue weighted by molar-refractivity contribution is 5.94. The van der Waals surface area contributed by atoms with Crippen molar-refractivity contribution in [1.29, 1.82) is 0 Å². The molecule has 3 N–H and O–H groups in total. The van der Waals surface area contributed by atoms with E-state index in [1.165, 1.54) is 0 Å². The maximum absolute atomic E-state index is 12.2. The second-order valence-electron chi connectivity index (χ2n) is 6.01. The zero-order valence-corrected chi connectivity index (χ0v) is 13.6. The average molecular weight is 328 g/mol. The molecular weight excluding hydrogens is 308 g/mol. The molecule has 1 aliphatic rings. The summed E-state index contributed by atoms with van der Waals surface area (Å²) in [6, 6.07) is 6.27. The van der Waals surface area contributed by atoms with Gasteiger partial charge in [0.15, 0.2) is 0 Å². The van der Waals surface area contributed by atoms with Gasteiger partial charge in [-0.3, -0.25) is 4.79 Å². The number of oxazole rings is 1. The van der Waals surface area contributed by atoms with Crippen LogP contribution in [0.2, 0.25) is 0 Å². The summed E-state index contributed by atoms with van der Waals surface area (Å²) in [6.07, 6.45) is 2.42. The van der Waals surface area contributed by atoms with E-state index in [2.05, 4.69) is 20.9 Å². The number of urea groups is 1. The van der Waals surface area contributed by atoms with Crippen LogP contribution < -0.4 is 16.0 Å². The highest BCUT2D eigenvalue weighted by Gasteiger charge is 2.30. The molecular formula is C17H20N4O3. The van der Waals surface area contributed by atoms with Crippen molar-refractivity contribution in [2.45, 2.75) is 26.3 Å². The molecule has 1 fully saturated rings. The van der Waals surface area contributed by atoms with E-state index in [4.69, 9.17) is 4.42 Å². The van der Waals surface area contributed by atoms with E-state index in [0.717, 1.165) is 17.7 Å². The van der Waals surface area contributed by atoms with E-state index in [0.29, 0.717) is 18.1 Å². The Bertz CT molecular complexity index is 756. The van der Waals surface area contributed by atoms with Gasteiger partial charge < -0.3 is 20.4 Å². The standard InChI is InChI=1S/C17H20N4O3/c1-10-6-7-18-15(22)14(10)21-17(23)20-13-5-3-4-12(8-13)16-19-11(2)9-24-16/h3-5,8-10,14H,6-7H2,1-2H3,(H,18,22)(H2,20,21,23)/t10-,14+/m1/s1. The zero-order valence-electron chi connectivity index (χ0n) is 13.6. The van der Waals surface area contributed by atoms with E-state index in [9.17, 15) is 9.59 Å². The fourth-order valence-electron chi connectivity index (χ4n) is 2.69. The summed E-state index contributed by atoms with van der Waals surface area (Å²) >= 11 is 0. The van der Waals surface area contributed by atoms with Crippen LogP contribution in [0.1, 0.15) is 19.0 Å². The predicted octanol–water partition coefficient (Wildman–Crippen LogP) is 2.30. The minimum atomic E-state index is -0.517. The molecule has 3 rings (SSSR count). The van der Waals surface area contributed by atoms with Crippen molar-refractivity contribution in [1.82, 2.24) is 15.6 Å². The number of nitrogens with one attached hydrogen (secondary N) is 3. The van der Waals surface area contributed by atoms with Crippen molar-refractivity contribution in [3.05, 3.63) is 36.2 Å². The van der Waals surface area contributed by atoms with Crippen LogP contribution >= 0.6 is 0 Å². The Kier molecular flexibility index (Phi) is 4.50. The van der Waals surface area contributed by atoms with E-state index in [-0.39, 0.29) is 11.8 Å². The van der Waals surface area contributed by atoms with Crippen molar-refractivity contribution in [3.63, 3.8) is 0 Å². The van der Waals surface area contributed by atoms with E-state index in [1.54, 1.807) is 24.5 Å². The third-order valence-corrected chi connectivity index (χ3v) is 4.02. The second-order valence-corrected chi connectivity index (χ2v) is 6.01. The first-order valence-corrected chi connectivity index (χ1v) is 7.91. The fourth-order valence-corrected chi connectivity index (χ4v) is 2.69. The normalized spacial score (nSPS) is 20.3. The maximum atomic E-state index is 12.2. The van der Waals surface area contributed by atoms with E-state index < -0.39 is 12.1 Å². The molecule has 1 aromatic heterocycles. The van der Waals surface area contributed by atoms with Gasteiger partial charge in [0.1, 0.15) is 12.3 Å². The molecule has 0 saturated carbocycles. The summed E-state index contributed by atoms with van der Waals surface area (Å²) in [4.78, 5) is 28.3. The van der Waals surface area contributed by atoms with Crippen LogP contribution in [0.4, 0.5) is 10.5 Å². The topological polar surface area (TPSA) is 96.3 Å². The number of benzene rings is 1. The average Bonchev–Trinajstić information content (AvgIpc) is 2.98. The summed E-state index contributed by atoms with van der Waals surface area (Å²) in [5.74, 6) is 0.455. The lowest BCUT2D eigenvalue weighted by Gasteiger charge is -2.28. The number of hydrogen-bond donors (Lipinski definition) is 3. The molecule has 0 radical (unpaired) electrons. The van der Waals surface area contributed by atoms with Crippen molar-refractivity contribution >= 4 is 17.6 Å². The summed E-state index contributed by atoms with van der Waals surface area (Å²) in [5.41, 5.74) is 2.16. The molecule has 3 amide bonds. The van der Waals surface area contributed by atoms with Crippen LogP contribution in [0.3, 0.4) is 0 Å². The van der Waals surface area contributed by atoms with Crippen LogP contribution in [-0.4, -0.2) is 29.5 Å². The van der Waals surface area contributed by atoms with E-state index >= 15 is 0 Å². The van der Waals surface area contributed by atoms with Crippen LogP contribution in [0.25, 0.3) is 11.5 Å². The molecule has 24 heavy (non-hydrogen) atoms. The Morgan fingerprint density at radius 2 is 2.25 bits per heavy atom. The van der Waals surface area contributed by atoms with Crippen molar-refractivity contribution in [3.8, 4) is 11.5 Å². The minimum Gasteiger partial charge on any atom is -0.444 e. The monoisotopic (exact) mass is 328 g/mol. The number of aryl methyl sites for hydroxylation is 1. The van der Waals surface area contributed by atoms with Crippen LogP contribution in [0, 0.1) is 12.8 Å². The van der Waals surface area contributed by atoms with Crippen molar-refractivity contribution < 1.29 is 14.0 Å². The first kappa shape index (κ1) is 16.0. The highest BCUT2D eigenvalue weighted by atomic mass is 16.3. The number of amides is 3. The molecule has 126 valence electrons. The molecule has 2 atom stereocenters. The number of anilines is 1. The molecule has 1 aliphatic heterocycles. The zero-order chi connectivity index (χ0) is 17.1. The number of rotatable bonds is 3. The number of carbonyl (C=O) groups excluding carboxylic acids is 2. The number of carbonyl (C=O) groups is 2. The van der Waals surface area contributed by atoms with Gasteiger partial charge in [0.25, 0.3) is 0 Å². The molecule has 0 unspecified atom stereocenters. The van der Waals surface area contributed by atoms with Gasteiger partial charge in [-0.15, -0.1) is 0 Å². The van der Waals surface area contributed by atoms with Gasteiger partial charge in [-0.25, -0.2) is 9.78 Å². The Morgan fingerprint density at radius 1 is 1.42 bits per heavy atom. The molecule has 7 nitrogen and oxygen atoms in total. The fraction of sp³-hybridized carbons (Fsp3) is 0.353. The number of nitrogens with zero attached hydrogens (tertiary/aromatic N) is 1. The Balaban J connectivity index is 1.67. The van der Waals surface area contributed by atoms with Gasteiger partial charge in [0.2, 0.25) is 11.8 Å². The van der Waals surface area contributed by atoms with Crippen molar-refractivity contribution in [2.24, 2.45) is 5.92 Å². The van der Waals surface area contributed by atoms with Crippen LogP contribution in [-0.2, 0) is 4.79 Å². The third-order valence-electron chi connectivity index (χ3n) is 4.02.